The first kappa shape index (κ1) is 17.0. The van der Waals surface area contributed by atoms with E-state index in [4.69, 9.17) is 9.47 Å². The second-order valence-electron chi connectivity index (χ2n) is 5.29. The molecule has 1 aliphatic heterocycles. The summed E-state index contributed by atoms with van der Waals surface area (Å²) in [6.45, 7) is 5.09. The molecule has 0 aromatic heterocycles. The first-order valence-electron chi connectivity index (χ1n) is 7.51. The Bertz CT molecular complexity index is 570. The summed E-state index contributed by atoms with van der Waals surface area (Å²) in [5.74, 6) is -0.167. The summed E-state index contributed by atoms with van der Waals surface area (Å²) in [7, 11) is 2.05. The van der Waals surface area contributed by atoms with Crippen LogP contribution in [0.1, 0.15) is 6.92 Å². The average molecular weight is 323 g/mol. The number of non-ortho nitro benzene ring substituents is 1. The summed E-state index contributed by atoms with van der Waals surface area (Å²) < 4.78 is 10.3. The number of anilines is 1. The number of piperazine rings is 1. The fraction of sp³-hybridized carbons (Fsp3) is 0.533. The van der Waals surface area contributed by atoms with E-state index in [9.17, 15) is 14.9 Å². The highest BCUT2D eigenvalue weighted by molar-refractivity contribution is 5.72. The van der Waals surface area contributed by atoms with Crippen LogP contribution in [0.25, 0.3) is 0 Å². The average Bonchev–Trinajstić information content (AvgIpc) is 2.54. The summed E-state index contributed by atoms with van der Waals surface area (Å²) in [6, 6.07) is 4.47. The molecule has 1 fully saturated rings. The molecule has 0 unspecified atom stereocenters. The van der Waals surface area contributed by atoms with Crippen molar-refractivity contribution in [2.75, 3.05) is 51.3 Å². The van der Waals surface area contributed by atoms with E-state index in [1.54, 1.807) is 13.0 Å². The van der Waals surface area contributed by atoms with Crippen molar-refractivity contribution >= 4 is 17.3 Å². The van der Waals surface area contributed by atoms with Gasteiger partial charge >= 0.3 is 5.97 Å². The van der Waals surface area contributed by atoms with Crippen LogP contribution in [0.2, 0.25) is 0 Å². The second kappa shape index (κ2) is 7.77. The van der Waals surface area contributed by atoms with E-state index < -0.39 is 10.9 Å². The number of ether oxygens (including phenoxy) is 2. The van der Waals surface area contributed by atoms with E-state index in [1.807, 2.05) is 7.05 Å². The summed E-state index contributed by atoms with van der Waals surface area (Å²) in [5.41, 5.74) is 0.690. The van der Waals surface area contributed by atoms with Crippen LogP contribution in [0.15, 0.2) is 18.2 Å². The maximum atomic E-state index is 11.5. The zero-order valence-corrected chi connectivity index (χ0v) is 13.4. The fourth-order valence-electron chi connectivity index (χ4n) is 2.38. The third-order valence-electron chi connectivity index (χ3n) is 3.65. The van der Waals surface area contributed by atoms with Gasteiger partial charge < -0.3 is 19.3 Å². The van der Waals surface area contributed by atoms with Crippen LogP contribution in [0.3, 0.4) is 0 Å². The zero-order chi connectivity index (χ0) is 16.8. The Labute approximate surface area is 134 Å². The fourth-order valence-corrected chi connectivity index (χ4v) is 2.38. The molecule has 1 saturated heterocycles. The van der Waals surface area contributed by atoms with E-state index in [1.165, 1.54) is 12.1 Å². The SMILES string of the molecule is CCOC(=O)COc1cc([N+](=O)[O-])ccc1N1CCN(C)CC1. The Kier molecular flexibility index (Phi) is 5.75. The van der Waals surface area contributed by atoms with Crippen molar-refractivity contribution in [3.05, 3.63) is 28.3 Å². The van der Waals surface area contributed by atoms with Gasteiger partial charge in [0.15, 0.2) is 6.61 Å². The molecule has 1 heterocycles. The molecular formula is C15H21N3O5. The first-order chi connectivity index (χ1) is 11.0. The van der Waals surface area contributed by atoms with Gasteiger partial charge in [-0.15, -0.1) is 0 Å². The summed E-state index contributed by atoms with van der Waals surface area (Å²) in [5, 5.41) is 11.0. The van der Waals surface area contributed by atoms with Gasteiger partial charge in [-0.05, 0) is 20.0 Å². The second-order valence-corrected chi connectivity index (χ2v) is 5.29. The number of hydrogen-bond acceptors (Lipinski definition) is 7. The van der Waals surface area contributed by atoms with E-state index in [2.05, 4.69) is 9.80 Å². The molecule has 0 bridgehead atoms. The van der Waals surface area contributed by atoms with Crippen LogP contribution in [0.5, 0.6) is 5.75 Å². The van der Waals surface area contributed by atoms with Crippen LogP contribution >= 0.6 is 0 Å². The maximum absolute atomic E-state index is 11.5. The molecule has 0 radical (unpaired) electrons. The van der Waals surface area contributed by atoms with Gasteiger partial charge in [0, 0.05) is 32.2 Å². The van der Waals surface area contributed by atoms with Crippen LogP contribution in [-0.4, -0.2) is 62.2 Å². The minimum atomic E-state index is -0.497. The van der Waals surface area contributed by atoms with E-state index in [0.29, 0.717) is 5.75 Å². The summed E-state index contributed by atoms with van der Waals surface area (Å²) >= 11 is 0. The van der Waals surface area contributed by atoms with E-state index in [-0.39, 0.29) is 18.9 Å². The van der Waals surface area contributed by atoms with Crippen molar-refractivity contribution < 1.29 is 19.2 Å². The normalized spacial score (nSPS) is 15.3. The Morgan fingerprint density at radius 1 is 1.30 bits per heavy atom. The van der Waals surface area contributed by atoms with Crippen molar-refractivity contribution in [3.8, 4) is 5.75 Å². The molecule has 0 N–H and O–H groups in total. The molecule has 0 saturated carbocycles. The highest BCUT2D eigenvalue weighted by Gasteiger charge is 2.21. The molecule has 1 aliphatic rings. The smallest absolute Gasteiger partial charge is 0.344 e. The van der Waals surface area contributed by atoms with Crippen LogP contribution in [-0.2, 0) is 9.53 Å². The lowest BCUT2D eigenvalue weighted by atomic mass is 10.2. The van der Waals surface area contributed by atoms with Gasteiger partial charge in [0.1, 0.15) is 5.75 Å². The Hall–Kier alpha value is -2.35. The minimum absolute atomic E-state index is 0.0678. The van der Waals surface area contributed by atoms with Crippen molar-refractivity contribution in [3.63, 3.8) is 0 Å². The molecule has 126 valence electrons. The van der Waals surface area contributed by atoms with Crippen molar-refractivity contribution in [2.24, 2.45) is 0 Å². The highest BCUT2D eigenvalue weighted by atomic mass is 16.6. The lowest BCUT2D eigenvalue weighted by Gasteiger charge is -2.34. The molecular weight excluding hydrogens is 302 g/mol. The lowest BCUT2D eigenvalue weighted by molar-refractivity contribution is -0.384. The molecule has 1 aromatic rings. The predicted molar refractivity (Wildman–Crippen MR) is 84.9 cm³/mol. The summed E-state index contributed by atoms with van der Waals surface area (Å²) in [4.78, 5) is 26.3. The molecule has 0 aliphatic carbocycles. The number of nitro groups is 1. The number of nitrogens with zero attached hydrogens (tertiary/aromatic N) is 3. The van der Waals surface area contributed by atoms with Gasteiger partial charge in [0.05, 0.1) is 23.3 Å². The molecule has 2 rings (SSSR count). The number of likely N-dealkylation sites (N-methyl/N-ethyl adjacent to an activating group) is 1. The molecule has 0 atom stereocenters. The molecule has 0 spiro atoms. The quantitative estimate of drug-likeness (QED) is 0.443. The summed E-state index contributed by atoms with van der Waals surface area (Å²) in [6.07, 6.45) is 0. The third kappa shape index (κ3) is 4.56. The Morgan fingerprint density at radius 2 is 2.00 bits per heavy atom. The van der Waals surface area contributed by atoms with Gasteiger partial charge in [0.25, 0.3) is 5.69 Å². The maximum Gasteiger partial charge on any atom is 0.344 e. The van der Waals surface area contributed by atoms with Gasteiger partial charge in [0.2, 0.25) is 0 Å². The number of carbonyl (C=O) groups excluding carboxylic acids is 1. The number of nitro benzene ring substituents is 1. The van der Waals surface area contributed by atoms with Gasteiger partial charge in [-0.2, -0.15) is 0 Å². The van der Waals surface area contributed by atoms with Gasteiger partial charge in [-0.25, -0.2) is 4.79 Å². The number of hydrogen-bond donors (Lipinski definition) is 0. The predicted octanol–water partition coefficient (Wildman–Crippen LogP) is 1.29. The highest BCUT2D eigenvalue weighted by Crippen LogP contribution is 2.33. The zero-order valence-electron chi connectivity index (χ0n) is 13.4. The van der Waals surface area contributed by atoms with Crippen LogP contribution in [0, 0.1) is 10.1 Å². The Morgan fingerprint density at radius 3 is 2.61 bits per heavy atom. The first-order valence-corrected chi connectivity index (χ1v) is 7.51. The van der Waals surface area contributed by atoms with E-state index >= 15 is 0 Å². The van der Waals surface area contributed by atoms with Crippen molar-refractivity contribution in [1.29, 1.82) is 0 Å². The minimum Gasteiger partial charge on any atom is -0.479 e. The molecule has 8 nitrogen and oxygen atoms in total. The number of esters is 1. The number of benzene rings is 1. The third-order valence-corrected chi connectivity index (χ3v) is 3.65. The standard InChI is InChI=1S/C15H21N3O5/c1-3-22-15(19)11-23-14-10-12(18(20)21)4-5-13(14)17-8-6-16(2)7-9-17/h4-5,10H,3,6-9,11H2,1-2H3. The van der Waals surface area contributed by atoms with E-state index in [0.717, 1.165) is 31.9 Å². The van der Waals surface area contributed by atoms with Gasteiger partial charge in [-0.1, -0.05) is 0 Å². The monoisotopic (exact) mass is 323 g/mol. The van der Waals surface area contributed by atoms with Crippen LogP contribution in [0.4, 0.5) is 11.4 Å². The van der Waals surface area contributed by atoms with Crippen molar-refractivity contribution in [1.82, 2.24) is 4.90 Å². The van der Waals surface area contributed by atoms with Gasteiger partial charge in [-0.3, -0.25) is 10.1 Å². The molecule has 8 heteroatoms. The van der Waals surface area contributed by atoms with Crippen molar-refractivity contribution in [2.45, 2.75) is 6.92 Å². The lowest BCUT2D eigenvalue weighted by Crippen LogP contribution is -2.44. The number of rotatable bonds is 6. The molecule has 0 amide bonds. The molecule has 23 heavy (non-hydrogen) atoms. The number of carbonyl (C=O) groups is 1. The molecule has 1 aromatic carbocycles. The topological polar surface area (TPSA) is 85.1 Å². The van der Waals surface area contributed by atoms with Crippen LogP contribution < -0.4 is 9.64 Å². The largest absolute Gasteiger partial charge is 0.479 e. The Balaban J connectivity index is 2.18.